The van der Waals surface area contributed by atoms with Gasteiger partial charge in [-0.2, -0.15) is 35.9 Å². The third-order valence-electron chi connectivity index (χ3n) is 4.36. The Hall–Kier alpha value is 0.335. The second-order valence-corrected chi connectivity index (χ2v) is 6.03. The summed E-state index contributed by atoms with van der Waals surface area (Å²) in [5.74, 6) is 0. The van der Waals surface area contributed by atoms with E-state index in [1.807, 2.05) is 12.1 Å². The smallest absolute Gasteiger partial charge is 0 e. The molecule has 3 rings (SSSR count). The molecule has 0 aliphatic heterocycles. The molecule has 0 fully saturated rings. The van der Waals surface area contributed by atoms with Crippen molar-refractivity contribution in [2.45, 2.75) is 27.2 Å². The van der Waals surface area contributed by atoms with Crippen LogP contribution in [0.2, 0.25) is 0 Å². The van der Waals surface area contributed by atoms with Crippen molar-refractivity contribution in [2.24, 2.45) is 0 Å². The van der Waals surface area contributed by atoms with E-state index < -0.39 is 0 Å². The SMILES string of the molecule is Cc1ccc(-c2ccc(Cc3cc[c-]cc3)c(C)c2)cc1C.[Pm].[Pm]. The molecule has 0 N–H and O–H groups in total. The van der Waals surface area contributed by atoms with E-state index in [0.29, 0.717) is 0 Å². The van der Waals surface area contributed by atoms with Gasteiger partial charge in [-0.15, -0.1) is 0 Å². The Balaban J connectivity index is 0.00000144. The summed E-state index contributed by atoms with van der Waals surface area (Å²) in [6, 6.07) is 24.8. The van der Waals surface area contributed by atoms with Gasteiger partial charge in [0.1, 0.15) is 0 Å². The largest absolute Gasteiger partial charge is 0.184 e. The zero-order valence-electron chi connectivity index (χ0n) is 14.4. The maximum Gasteiger partial charge on any atom is 0 e. The first-order valence-corrected chi connectivity index (χ1v) is 7.75. The van der Waals surface area contributed by atoms with E-state index >= 15 is 0 Å². The number of aryl methyl sites for hydroxylation is 3. The van der Waals surface area contributed by atoms with Crippen molar-refractivity contribution in [1.29, 1.82) is 0 Å². The van der Waals surface area contributed by atoms with Crippen molar-refractivity contribution in [3.05, 3.63) is 94.5 Å². The molecule has 0 amide bonds. The fourth-order valence-corrected chi connectivity index (χ4v) is 2.75. The van der Waals surface area contributed by atoms with Crippen LogP contribution < -0.4 is 0 Å². The van der Waals surface area contributed by atoms with Crippen molar-refractivity contribution in [3.8, 4) is 11.1 Å². The Labute approximate surface area is 210 Å². The van der Waals surface area contributed by atoms with Gasteiger partial charge in [0.2, 0.25) is 0 Å². The topological polar surface area (TPSA) is 0 Å². The average molecular weight is 575 g/mol. The van der Waals surface area contributed by atoms with Gasteiger partial charge < -0.3 is 0 Å². The zero-order valence-corrected chi connectivity index (χ0v) is 20.1. The minimum Gasteiger partial charge on any atom is -0.184 e. The third-order valence-corrected chi connectivity index (χ3v) is 4.36. The molecule has 3 aromatic carbocycles. The Morgan fingerprint density at radius 1 is 0.667 bits per heavy atom. The average Bonchev–Trinajstić information content (AvgIpc) is 2.53. The zero-order chi connectivity index (χ0) is 15.5. The molecule has 0 saturated carbocycles. The maximum absolute atomic E-state index is 3.07. The molecule has 0 aliphatic rings. The monoisotopic (exact) mass is 575 g/mol. The Morgan fingerprint density at radius 2 is 1.25 bits per heavy atom. The van der Waals surface area contributed by atoms with E-state index in [9.17, 15) is 0 Å². The van der Waals surface area contributed by atoms with Gasteiger partial charge in [0, 0.05) is 80.8 Å². The van der Waals surface area contributed by atoms with Crippen LogP contribution in [0.4, 0.5) is 0 Å². The summed E-state index contributed by atoms with van der Waals surface area (Å²) in [4.78, 5) is 0. The minimum absolute atomic E-state index is 0. The number of hydrogen-bond acceptors (Lipinski definition) is 0. The molecule has 0 heterocycles. The van der Waals surface area contributed by atoms with Crippen LogP contribution in [-0.4, -0.2) is 0 Å². The maximum atomic E-state index is 3.07. The van der Waals surface area contributed by atoms with Crippen molar-refractivity contribution >= 4 is 0 Å². The van der Waals surface area contributed by atoms with Crippen LogP contribution in [0.3, 0.4) is 0 Å². The number of benzene rings is 3. The molecular formula is C22H21Pm2-. The molecule has 24 heavy (non-hydrogen) atoms. The molecule has 2 radical (unpaired) electrons. The summed E-state index contributed by atoms with van der Waals surface area (Å²) >= 11 is 0. The molecule has 3 aromatic rings. The van der Waals surface area contributed by atoms with Crippen LogP contribution in [0.25, 0.3) is 11.1 Å². The molecule has 0 aliphatic carbocycles. The minimum atomic E-state index is 0. The summed E-state index contributed by atoms with van der Waals surface area (Å²) in [7, 11) is 0. The number of hydrogen-bond donors (Lipinski definition) is 0. The normalized spacial score (nSPS) is 9.79. The van der Waals surface area contributed by atoms with Gasteiger partial charge >= 0.3 is 0 Å². The molecule has 0 nitrogen and oxygen atoms in total. The first-order chi connectivity index (χ1) is 10.6. The molecule has 0 unspecified atom stereocenters. The molecule has 0 saturated heterocycles. The third kappa shape index (κ3) is 5.67. The fraction of sp³-hybridized carbons (Fsp3) is 0.182. The first-order valence-electron chi connectivity index (χ1n) is 7.75. The molecule has 0 bridgehead atoms. The Bertz CT molecular complexity index is 792. The van der Waals surface area contributed by atoms with Crippen molar-refractivity contribution in [2.75, 3.05) is 0 Å². The summed E-state index contributed by atoms with van der Waals surface area (Å²) < 4.78 is 0. The quantitative estimate of drug-likeness (QED) is 0.354. The van der Waals surface area contributed by atoms with Crippen molar-refractivity contribution < 1.29 is 80.8 Å². The van der Waals surface area contributed by atoms with Gasteiger partial charge in [0.05, 0.1) is 0 Å². The Kier molecular flexibility index (Phi) is 9.77. The van der Waals surface area contributed by atoms with E-state index in [4.69, 9.17) is 0 Å². The predicted molar refractivity (Wildman–Crippen MR) is 94.2 cm³/mol. The fourth-order valence-electron chi connectivity index (χ4n) is 2.75. The van der Waals surface area contributed by atoms with E-state index in [0.717, 1.165) is 6.42 Å². The van der Waals surface area contributed by atoms with Gasteiger partial charge in [0.15, 0.2) is 0 Å². The number of rotatable bonds is 3. The van der Waals surface area contributed by atoms with E-state index in [1.165, 1.54) is 38.9 Å². The molecule has 0 aromatic heterocycles. The van der Waals surface area contributed by atoms with Crippen LogP contribution in [0.15, 0.2) is 60.7 Å². The van der Waals surface area contributed by atoms with Gasteiger partial charge in [-0.25, -0.2) is 0 Å². The summed E-state index contributed by atoms with van der Waals surface area (Å²) in [6.07, 6.45) is 0.980. The first kappa shape index (κ1) is 22.4. The van der Waals surface area contributed by atoms with Gasteiger partial charge in [-0.1, -0.05) is 36.4 Å². The van der Waals surface area contributed by atoms with Gasteiger partial charge in [0.25, 0.3) is 0 Å². The standard InChI is InChI=1S/C22H21.2Pm/c1-16-9-10-21(13-17(16)2)22-12-11-20(18(3)14-22)15-19-7-5-4-6-8-19;;/h5-14H,15H2,1-3H3;;/q-1;;. The molecular weight excluding hydrogens is 554 g/mol. The van der Waals surface area contributed by atoms with Gasteiger partial charge in [-0.3, -0.25) is 0 Å². The van der Waals surface area contributed by atoms with E-state index in [2.05, 4.69) is 75.4 Å². The predicted octanol–water partition coefficient (Wildman–Crippen LogP) is 5.67. The second-order valence-electron chi connectivity index (χ2n) is 6.03. The van der Waals surface area contributed by atoms with Crippen LogP contribution in [0.5, 0.6) is 0 Å². The van der Waals surface area contributed by atoms with Crippen molar-refractivity contribution in [3.63, 3.8) is 0 Å². The van der Waals surface area contributed by atoms with Crippen LogP contribution >= 0.6 is 0 Å². The van der Waals surface area contributed by atoms with E-state index in [1.54, 1.807) is 0 Å². The van der Waals surface area contributed by atoms with Gasteiger partial charge in [-0.05, 0) is 60.6 Å². The molecule has 0 atom stereocenters. The van der Waals surface area contributed by atoms with Crippen LogP contribution in [-0.2, 0) is 6.42 Å². The Morgan fingerprint density at radius 3 is 1.83 bits per heavy atom. The molecule has 2 heteroatoms. The summed E-state index contributed by atoms with van der Waals surface area (Å²) in [6.45, 7) is 6.53. The summed E-state index contributed by atoms with van der Waals surface area (Å²) in [5.41, 5.74) is 9.36. The molecule has 0 spiro atoms. The molecule has 120 valence electrons. The van der Waals surface area contributed by atoms with E-state index in [-0.39, 0.29) is 80.8 Å². The van der Waals surface area contributed by atoms with Crippen LogP contribution in [0.1, 0.15) is 27.8 Å². The van der Waals surface area contributed by atoms with Crippen LogP contribution in [0, 0.1) is 108 Å². The summed E-state index contributed by atoms with van der Waals surface area (Å²) in [5, 5.41) is 0. The van der Waals surface area contributed by atoms with Crippen molar-refractivity contribution in [1.82, 2.24) is 0 Å². The second kappa shape index (κ2) is 10.5.